The smallest absolute Gasteiger partial charge is 0.148 e. The molecule has 0 radical (unpaired) electrons. The number of rotatable bonds is 2. The lowest BCUT2D eigenvalue weighted by Gasteiger charge is -2.05. The second kappa shape index (κ2) is 4.14. The zero-order valence-corrected chi connectivity index (χ0v) is 9.50. The van der Waals surface area contributed by atoms with Gasteiger partial charge in [-0.2, -0.15) is 5.10 Å². The number of aryl methyl sites for hydroxylation is 1. The lowest BCUT2D eigenvalue weighted by atomic mass is 10.2. The van der Waals surface area contributed by atoms with E-state index in [1.165, 1.54) is 6.07 Å². The first-order chi connectivity index (χ1) is 7.58. The van der Waals surface area contributed by atoms with E-state index in [2.05, 4.69) is 5.10 Å². The van der Waals surface area contributed by atoms with Gasteiger partial charge in [0.1, 0.15) is 11.6 Å². The van der Waals surface area contributed by atoms with Crippen molar-refractivity contribution in [2.75, 3.05) is 5.73 Å². The number of nitrogens with zero attached hydrogens (tertiary/aromatic N) is 2. The van der Waals surface area contributed by atoms with Crippen molar-refractivity contribution < 1.29 is 4.39 Å². The van der Waals surface area contributed by atoms with Crippen molar-refractivity contribution in [3.05, 3.63) is 46.4 Å². The largest absolute Gasteiger partial charge is 0.382 e. The Kier molecular flexibility index (Phi) is 2.83. The van der Waals surface area contributed by atoms with E-state index in [1.807, 2.05) is 6.92 Å². The topological polar surface area (TPSA) is 43.8 Å². The maximum atomic E-state index is 13.5. The van der Waals surface area contributed by atoms with Gasteiger partial charge in [0.15, 0.2) is 0 Å². The van der Waals surface area contributed by atoms with Crippen molar-refractivity contribution in [2.24, 2.45) is 0 Å². The van der Waals surface area contributed by atoms with Crippen LogP contribution in [0.1, 0.15) is 11.1 Å². The Bertz CT molecular complexity index is 482. The van der Waals surface area contributed by atoms with Gasteiger partial charge in [0.25, 0.3) is 0 Å². The average molecular weight is 240 g/mol. The molecule has 3 nitrogen and oxygen atoms in total. The fourth-order valence-electron chi connectivity index (χ4n) is 1.46. The fourth-order valence-corrected chi connectivity index (χ4v) is 1.68. The molecule has 1 heterocycles. The third-order valence-corrected chi connectivity index (χ3v) is 2.72. The van der Waals surface area contributed by atoms with Crippen LogP contribution in [0, 0.1) is 12.7 Å². The molecule has 16 heavy (non-hydrogen) atoms. The zero-order valence-electron chi connectivity index (χ0n) is 8.74. The highest BCUT2D eigenvalue weighted by molar-refractivity contribution is 6.31. The second-order valence-electron chi connectivity index (χ2n) is 3.60. The van der Waals surface area contributed by atoms with Gasteiger partial charge in [-0.05, 0) is 19.1 Å². The van der Waals surface area contributed by atoms with Crippen LogP contribution in [0.15, 0.2) is 24.4 Å². The Morgan fingerprint density at radius 3 is 2.81 bits per heavy atom. The van der Waals surface area contributed by atoms with Crippen molar-refractivity contribution in [3.63, 3.8) is 0 Å². The van der Waals surface area contributed by atoms with Crippen molar-refractivity contribution in [3.8, 4) is 0 Å². The fraction of sp³-hybridized carbons (Fsp3) is 0.182. The van der Waals surface area contributed by atoms with E-state index in [0.717, 1.165) is 5.56 Å². The summed E-state index contributed by atoms with van der Waals surface area (Å²) in [5, 5.41) is 4.45. The minimum absolute atomic E-state index is 0.281. The summed E-state index contributed by atoms with van der Waals surface area (Å²) in [5.41, 5.74) is 6.90. The van der Waals surface area contributed by atoms with E-state index < -0.39 is 0 Å². The quantitative estimate of drug-likeness (QED) is 0.876. The maximum absolute atomic E-state index is 13.5. The summed E-state index contributed by atoms with van der Waals surface area (Å²) in [6.45, 7) is 2.13. The standard InChI is InChI=1S/C11H11ClFN3/c1-7-5-16(15-11(7)14)6-8-9(12)3-2-4-10(8)13/h2-5H,6H2,1H3,(H2,14,15). The van der Waals surface area contributed by atoms with Crippen LogP contribution in [-0.2, 0) is 6.54 Å². The van der Waals surface area contributed by atoms with E-state index >= 15 is 0 Å². The van der Waals surface area contributed by atoms with Crippen LogP contribution < -0.4 is 5.73 Å². The minimum Gasteiger partial charge on any atom is -0.382 e. The Hall–Kier alpha value is -1.55. The lowest BCUT2D eigenvalue weighted by molar-refractivity contribution is 0.586. The molecule has 0 amide bonds. The maximum Gasteiger partial charge on any atom is 0.148 e. The third kappa shape index (κ3) is 2.02. The molecule has 2 rings (SSSR count). The number of hydrogen-bond donors (Lipinski definition) is 1. The lowest BCUT2D eigenvalue weighted by Crippen LogP contribution is -2.03. The number of benzene rings is 1. The van der Waals surface area contributed by atoms with Gasteiger partial charge in [-0.15, -0.1) is 0 Å². The molecule has 84 valence electrons. The normalized spacial score (nSPS) is 10.7. The van der Waals surface area contributed by atoms with E-state index in [4.69, 9.17) is 17.3 Å². The van der Waals surface area contributed by atoms with Gasteiger partial charge < -0.3 is 5.73 Å². The van der Waals surface area contributed by atoms with Crippen LogP contribution in [0.3, 0.4) is 0 Å². The first-order valence-corrected chi connectivity index (χ1v) is 5.18. The number of halogens is 2. The van der Waals surface area contributed by atoms with Crippen molar-refractivity contribution in [1.29, 1.82) is 0 Å². The second-order valence-corrected chi connectivity index (χ2v) is 4.00. The summed E-state index contributed by atoms with van der Waals surface area (Å²) in [4.78, 5) is 0. The van der Waals surface area contributed by atoms with E-state index in [-0.39, 0.29) is 12.4 Å². The Morgan fingerprint density at radius 1 is 1.50 bits per heavy atom. The first kappa shape index (κ1) is 11.0. The molecule has 0 unspecified atom stereocenters. The highest BCUT2D eigenvalue weighted by atomic mass is 35.5. The highest BCUT2D eigenvalue weighted by Crippen LogP contribution is 2.20. The summed E-state index contributed by atoms with van der Waals surface area (Å²) < 4.78 is 15.1. The van der Waals surface area contributed by atoms with Gasteiger partial charge in [-0.3, -0.25) is 4.68 Å². The first-order valence-electron chi connectivity index (χ1n) is 4.80. The highest BCUT2D eigenvalue weighted by Gasteiger charge is 2.09. The van der Waals surface area contributed by atoms with Gasteiger partial charge in [0, 0.05) is 22.3 Å². The number of nitrogen functional groups attached to an aromatic ring is 1. The van der Waals surface area contributed by atoms with Gasteiger partial charge in [-0.1, -0.05) is 17.7 Å². The number of aromatic nitrogens is 2. The molecule has 0 saturated heterocycles. The molecule has 0 aliphatic heterocycles. The van der Waals surface area contributed by atoms with E-state index in [1.54, 1.807) is 23.0 Å². The molecule has 0 atom stereocenters. The Morgan fingerprint density at radius 2 is 2.25 bits per heavy atom. The van der Waals surface area contributed by atoms with E-state index in [9.17, 15) is 4.39 Å². The molecule has 2 aromatic rings. The van der Waals surface area contributed by atoms with E-state index in [0.29, 0.717) is 16.4 Å². The summed E-state index contributed by atoms with van der Waals surface area (Å²) in [5.74, 6) is 0.117. The molecule has 1 aromatic heterocycles. The average Bonchev–Trinajstić information content (AvgIpc) is 2.53. The van der Waals surface area contributed by atoms with Crippen LogP contribution in [-0.4, -0.2) is 9.78 Å². The summed E-state index contributed by atoms with van der Waals surface area (Å²) in [6, 6.07) is 4.60. The van der Waals surface area contributed by atoms with Gasteiger partial charge in [0.2, 0.25) is 0 Å². The molecular weight excluding hydrogens is 229 g/mol. The predicted octanol–water partition coefficient (Wildman–Crippen LogP) is 2.61. The summed E-state index contributed by atoms with van der Waals surface area (Å²) >= 11 is 5.91. The number of anilines is 1. The van der Waals surface area contributed by atoms with Crippen molar-refractivity contribution >= 4 is 17.4 Å². The van der Waals surface area contributed by atoms with Crippen LogP contribution in [0.5, 0.6) is 0 Å². The Labute approximate surface area is 97.6 Å². The molecule has 0 bridgehead atoms. The van der Waals surface area contributed by atoms with Gasteiger partial charge in [0.05, 0.1) is 6.54 Å². The molecule has 2 N–H and O–H groups in total. The van der Waals surface area contributed by atoms with Crippen molar-refractivity contribution in [1.82, 2.24) is 9.78 Å². The van der Waals surface area contributed by atoms with Gasteiger partial charge >= 0.3 is 0 Å². The minimum atomic E-state index is -0.334. The summed E-state index contributed by atoms with van der Waals surface area (Å²) in [7, 11) is 0. The molecule has 0 saturated carbocycles. The summed E-state index contributed by atoms with van der Waals surface area (Å²) in [6.07, 6.45) is 1.76. The predicted molar refractivity (Wildman–Crippen MR) is 61.9 cm³/mol. The van der Waals surface area contributed by atoms with Crippen LogP contribution in [0.2, 0.25) is 5.02 Å². The van der Waals surface area contributed by atoms with Gasteiger partial charge in [-0.25, -0.2) is 4.39 Å². The molecular formula is C11H11ClFN3. The molecule has 5 heteroatoms. The zero-order chi connectivity index (χ0) is 11.7. The number of nitrogens with two attached hydrogens (primary N) is 1. The molecule has 0 spiro atoms. The van der Waals surface area contributed by atoms with Crippen LogP contribution in [0.4, 0.5) is 10.2 Å². The molecule has 0 aliphatic carbocycles. The SMILES string of the molecule is Cc1cn(Cc2c(F)cccc2Cl)nc1N. The third-order valence-electron chi connectivity index (χ3n) is 2.36. The monoisotopic (exact) mass is 239 g/mol. The Balaban J connectivity index is 2.33. The molecule has 0 fully saturated rings. The van der Waals surface area contributed by atoms with Crippen molar-refractivity contribution in [2.45, 2.75) is 13.5 Å². The van der Waals surface area contributed by atoms with Crippen LogP contribution >= 0.6 is 11.6 Å². The molecule has 1 aromatic carbocycles. The molecule has 0 aliphatic rings. The van der Waals surface area contributed by atoms with Crippen LogP contribution in [0.25, 0.3) is 0 Å². The number of hydrogen-bond acceptors (Lipinski definition) is 2.